The number of hydrogen-bond acceptors (Lipinski definition) is 12. The van der Waals surface area contributed by atoms with Gasteiger partial charge in [-0.1, -0.05) is 70.3 Å². The van der Waals surface area contributed by atoms with Gasteiger partial charge >= 0.3 is 6.03 Å². The molecule has 0 bridgehead atoms. The Hall–Kier alpha value is -6.18. The zero-order chi connectivity index (χ0) is 53.3. The van der Waals surface area contributed by atoms with Gasteiger partial charge in [0.15, 0.2) is 12.0 Å². The molecule has 6 aromatic rings. The number of rotatable bonds is 19. The number of aliphatic hydroxyl groups is 2. The minimum atomic E-state index is -1.24. The van der Waals surface area contributed by atoms with Crippen LogP contribution in [0.2, 0.25) is 5.02 Å². The fourth-order valence-electron chi connectivity index (χ4n) is 10.2. The van der Waals surface area contributed by atoms with E-state index in [9.17, 15) is 23.8 Å². The van der Waals surface area contributed by atoms with E-state index < -0.39 is 35.4 Å². The largest absolute Gasteiger partial charge is 0.488 e. The molecule has 9 rings (SSSR count). The Morgan fingerprint density at radius 1 is 0.840 bits per heavy atom. The molecule has 5 heterocycles. The topological polar surface area (TPSA) is 160 Å². The van der Waals surface area contributed by atoms with E-state index in [1.807, 2.05) is 79.2 Å². The lowest BCUT2D eigenvalue weighted by molar-refractivity contribution is -0.117. The molecule has 3 aliphatic rings. The Kier molecular flexibility index (Phi) is 17.8. The molecule has 3 fully saturated rings. The lowest BCUT2D eigenvalue weighted by Crippen LogP contribution is -2.50. The van der Waals surface area contributed by atoms with Crippen molar-refractivity contribution in [3.63, 3.8) is 0 Å². The van der Waals surface area contributed by atoms with Gasteiger partial charge in [0.05, 0.1) is 25.8 Å². The fourth-order valence-corrected chi connectivity index (χ4v) is 10.3. The van der Waals surface area contributed by atoms with Crippen molar-refractivity contribution < 1.29 is 38.0 Å². The summed E-state index contributed by atoms with van der Waals surface area (Å²) in [7, 11) is 0. The van der Waals surface area contributed by atoms with Crippen molar-refractivity contribution >= 4 is 34.7 Å². The number of ether oxygens (including phenoxy) is 3. The highest BCUT2D eigenvalue weighted by atomic mass is 35.5. The number of carbonyl (C=O) groups excluding carboxylic acids is 1. The van der Waals surface area contributed by atoms with Gasteiger partial charge in [-0.2, -0.15) is 10.2 Å². The molecule has 3 unspecified atom stereocenters. The van der Waals surface area contributed by atoms with Crippen LogP contribution in [-0.4, -0.2) is 115 Å². The van der Waals surface area contributed by atoms with Crippen molar-refractivity contribution in [2.75, 3.05) is 60.6 Å². The molecule has 0 aliphatic carbocycles. The molecular formula is C56H71ClF2N10O6. The fraction of sp³-hybridized carbons (Fsp3) is 0.482. The average Bonchev–Trinajstić information content (AvgIpc) is 4.23. The maximum absolute atomic E-state index is 14.9. The summed E-state index contributed by atoms with van der Waals surface area (Å²) in [6.07, 6.45) is 9.05. The van der Waals surface area contributed by atoms with Gasteiger partial charge in [-0.15, -0.1) is 0 Å². The van der Waals surface area contributed by atoms with Crippen LogP contribution in [0.5, 0.6) is 5.75 Å². The third-order valence-corrected chi connectivity index (χ3v) is 14.7. The van der Waals surface area contributed by atoms with Gasteiger partial charge < -0.3 is 34.2 Å². The van der Waals surface area contributed by atoms with Crippen LogP contribution in [-0.2, 0) is 28.2 Å². The molecular weight excluding hydrogens is 982 g/mol. The standard InChI is InChI=1S/C40H49F2N7O5.C16H22ClN3O/c1-4-5-6-17-40(51)25-48(38(50)49(40)29(2)3)33-10-8-31(9-11-33)45-18-20-46(21-19-45)32-12-14-34(15-13-32)52-23-37-53-26-39(54-37,24-47-28-43-27-44-47)35-16-7-30(41)22-36(35)42;1-16(2,3)13(9-20-11-18-10-19-20)8-15(21)12-4-6-14(17)7-5-12/h7-16,22,27-29,37,51H,4-6,17-21,23-26H2,1-3H3;4-7,10-11,13,15,21H,8-9H2,1-3H3/t37-,39+,40?;/m0./s1. The number of nitrogens with zero attached hydrogens (tertiary/aromatic N) is 10. The average molecular weight is 1050 g/mol. The predicted molar refractivity (Wildman–Crippen MR) is 284 cm³/mol. The van der Waals surface area contributed by atoms with Crippen molar-refractivity contribution in [1.82, 2.24) is 34.4 Å². The molecule has 2 amide bonds. The number of amides is 2. The van der Waals surface area contributed by atoms with Crippen molar-refractivity contribution in [3.8, 4) is 5.75 Å². The van der Waals surface area contributed by atoms with E-state index in [4.69, 9.17) is 25.8 Å². The quantitative estimate of drug-likeness (QED) is 0.0741. The highest BCUT2D eigenvalue weighted by Gasteiger charge is 2.50. The zero-order valence-electron chi connectivity index (χ0n) is 43.8. The first-order chi connectivity index (χ1) is 35.9. The minimum absolute atomic E-state index is 0.0250. The number of aliphatic hydroxyl groups excluding tert-OH is 1. The van der Waals surface area contributed by atoms with Gasteiger partial charge in [-0.05, 0) is 117 Å². The number of β-amino-alcohol motifs (C(OH)–C–C–N with tert-alkyl or cyclic N) is 1. The Labute approximate surface area is 443 Å². The van der Waals surface area contributed by atoms with Gasteiger partial charge in [-0.3, -0.25) is 14.5 Å². The second-order valence-corrected chi connectivity index (χ2v) is 21.6. The number of urea groups is 1. The van der Waals surface area contributed by atoms with Gasteiger partial charge in [-0.25, -0.2) is 28.2 Å². The number of piperazine rings is 1. The maximum Gasteiger partial charge on any atom is 0.327 e. The van der Waals surface area contributed by atoms with Crippen LogP contribution in [0.3, 0.4) is 0 Å². The van der Waals surface area contributed by atoms with E-state index >= 15 is 0 Å². The first-order valence-electron chi connectivity index (χ1n) is 25.9. The molecule has 4 aromatic carbocycles. The zero-order valence-corrected chi connectivity index (χ0v) is 44.6. The Morgan fingerprint density at radius 3 is 2.03 bits per heavy atom. The number of aromatic nitrogens is 6. The van der Waals surface area contributed by atoms with Gasteiger partial charge in [0, 0.05) is 72.5 Å². The summed E-state index contributed by atoms with van der Waals surface area (Å²) in [5.74, 6) is -0.482. The van der Waals surface area contributed by atoms with E-state index in [1.165, 1.54) is 35.8 Å². The number of carbonyl (C=O) groups is 1. The van der Waals surface area contributed by atoms with E-state index in [0.717, 1.165) is 80.7 Å². The highest BCUT2D eigenvalue weighted by molar-refractivity contribution is 6.30. The van der Waals surface area contributed by atoms with E-state index in [-0.39, 0.29) is 55.3 Å². The van der Waals surface area contributed by atoms with Crippen molar-refractivity contribution in [1.29, 1.82) is 0 Å². The number of halogens is 3. The molecule has 19 heteroatoms. The molecule has 2 aromatic heterocycles. The highest BCUT2D eigenvalue weighted by Crippen LogP contribution is 2.39. The van der Waals surface area contributed by atoms with Crippen LogP contribution >= 0.6 is 11.6 Å². The van der Waals surface area contributed by atoms with Gasteiger partial charge in [0.2, 0.25) is 0 Å². The Balaban J connectivity index is 0.000000297. The molecule has 0 radical (unpaired) electrons. The molecule has 75 heavy (non-hydrogen) atoms. The monoisotopic (exact) mass is 1050 g/mol. The van der Waals surface area contributed by atoms with Gasteiger partial charge in [0.25, 0.3) is 0 Å². The van der Waals surface area contributed by atoms with Gasteiger partial charge in [0.1, 0.15) is 54.9 Å². The third kappa shape index (κ3) is 13.6. The Morgan fingerprint density at radius 2 is 1.45 bits per heavy atom. The molecule has 402 valence electrons. The molecule has 0 saturated carbocycles. The van der Waals surface area contributed by atoms with E-state index in [0.29, 0.717) is 23.6 Å². The molecule has 3 aliphatic heterocycles. The maximum atomic E-state index is 14.9. The molecule has 5 atom stereocenters. The number of hydrogen-bond donors (Lipinski definition) is 2. The summed E-state index contributed by atoms with van der Waals surface area (Å²) in [6, 6.07) is 26.5. The lowest BCUT2D eigenvalue weighted by Gasteiger charge is -2.37. The first kappa shape index (κ1) is 55.1. The number of anilines is 3. The van der Waals surface area contributed by atoms with E-state index in [2.05, 4.69) is 69.8 Å². The SMILES string of the molecule is CC(C)(C)C(CC(O)c1ccc(Cl)cc1)Cn1cncn1.CCCCCC1(O)CN(c2ccc(N3CCN(c4ccc(OC[C@H]5OC[C@](Cn6cncn6)(c6ccc(F)cc6F)O5)cc4)CC3)cc2)C(=O)N1C(C)C. The van der Waals surface area contributed by atoms with Crippen molar-refractivity contribution in [2.24, 2.45) is 11.3 Å². The normalized spacial score (nSPS) is 20.9. The molecule has 16 nitrogen and oxygen atoms in total. The number of benzene rings is 4. The second kappa shape index (κ2) is 24.2. The lowest BCUT2D eigenvalue weighted by atomic mass is 9.77. The molecule has 2 N–H and O–H groups in total. The molecule has 3 saturated heterocycles. The summed E-state index contributed by atoms with van der Waals surface area (Å²) in [5.41, 5.74) is 1.70. The number of unbranched alkanes of at least 4 members (excludes halogenated alkanes) is 2. The van der Waals surface area contributed by atoms with Crippen LogP contribution < -0.4 is 19.4 Å². The molecule has 0 spiro atoms. The third-order valence-electron chi connectivity index (χ3n) is 14.4. The minimum Gasteiger partial charge on any atom is -0.488 e. The summed E-state index contributed by atoms with van der Waals surface area (Å²) in [5, 5.41) is 31.0. The summed E-state index contributed by atoms with van der Waals surface area (Å²) in [4.78, 5) is 29.4. The van der Waals surface area contributed by atoms with Crippen LogP contribution in [0, 0.1) is 23.0 Å². The smallest absolute Gasteiger partial charge is 0.327 e. The summed E-state index contributed by atoms with van der Waals surface area (Å²) in [6.45, 7) is 17.2. The van der Waals surface area contributed by atoms with Crippen molar-refractivity contribution in [3.05, 3.63) is 144 Å². The van der Waals surface area contributed by atoms with Crippen LogP contribution in [0.15, 0.2) is 116 Å². The summed E-state index contributed by atoms with van der Waals surface area (Å²) >= 11 is 5.89. The van der Waals surface area contributed by atoms with Crippen molar-refractivity contribution in [2.45, 2.75) is 116 Å². The predicted octanol–water partition coefficient (Wildman–Crippen LogP) is 9.87. The van der Waals surface area contributed by atoms with E-state index in [1.54, 1.807) is 16.1 Å². The Bertz CT molecular complexity index is 2730. The van der Waals surface area contributed by atoms with Crippen LogP contribution in [0.25, 0.3) is 0 Å². The van der Waals surface area contributed by atoms with Crippen LogP contribution in [0.4, 0.5) is 30.6 Å². The summed E-state index contributed by atoms with van der Waals surface area (Å²) < 4.78 is 50.2. The second-order valence-electron chi connectivity index (χ2n) is 21.1. The van der Waals surface area contributed by atoms with Crippen LogP contribution in [0.1, 0.15) is 90.9 Å². The first-order valence-corrected chi connectivity index (χ1v) is 26.3.